The molecule has 0 aromatic carbocycles. The second-order valence-electron chi connectivity index (χ2n) is 6.95. The first-order chi connectivity index (χ1) is 12.0. The van der Waals surface area contributed by atoms with Crippen LogP contribution in [0.25, 0.3) is 0 Å². The Bertz CT molecular complexity index is 312. The smallest absolute Gasteiger partial charge is 0.287 e. The third-order valence-corrected chi connectivity index (χ3v) is 5.90. The molecular formula is C20H43O4P. The Kier molecular flexibility index (Phi) is 16.4. The van der Waals surface area contributed by atoms with E-state index in [4.69, 9.17) is 13.6 Å². The molecule has 0 amide bonds. The Morgan fingerprint density at radius 2 is 1.08 bits per heavy atom. The highest BCUT2D eigenvalue weighted by Crippen LogP contribution is 2.53. The molecule has 2 unspecified atom stereocenters. The monoisotopic (exact) mass is 378 g/mol. The summed E-state index contributed by atoms with van der Waals surface area (Å²) in [5.74, 6) is 0. The van der Waals surface area contributed by atoms with Crippen molar-refractivity contribution in [2.45, 2.75) is 124 Å². The van der Waals surface area contributed by atoms with Crippen molar-refractivity contribution in [1.29, 1.82) is 0 Å². The molecule has 0 spiro atoms. The number of rotatable bonds is 18. The van der Waals surface area contributed by atoms with Crippen LogP contribution in [0, 0.1) is 0 Å². The van der Waals surface area contributed by atoms with Crippen molar-refractivity contribution < 1.29 is 18.1 Å². The fourth-order valence-corrected chi connectivity index (χ4v) is 4.45. The van der Waals surface area contributed by atoms with E-state index in [9.17, 15) is 4.57 Å². The van der Waals surface area contributed by atoms with Crippen LogP contribution in [0.2, 0.25) is 0 Å². The molecule has 0 saturated heterocycles. The molecule has 4 nitrogen and oxygen atoms in total. The average Bonchev–Trinajstić information content (AvgIpc) is 2.58. The first kappa shape index (κ1) is 25.1. The van der Waals surface area contributed by atoms with Crippen LogP contribution < -0.4 is 0 Å². The summed E-state index contributed by atoms with van der Waals surface area (Å²) in [6.07, 6.45) is 11.8. The topological polar surface area (TPSA) is 44.8 Å². The molecule has 0 fully saturated rings. The molecule has 0 bridgehead atoms. The van der Waals surface area contributed by atoms with Crippen molar-refractivity contribution >= 4 is 7.82 Å². The minimum atomic E-state index is -3.50. The Morgan fingerprint density at radius 1 is 0.640 bits per heavy atom. The molecular weight excluding hydrogens is 335 g/mol. The van der Waals surface area contributed by atoms with Gasteiger partial charge in [-0.15, -0.1) is 0 Å². The molecule has 0 saturated carbocycles. The molecule has 0 aliphatic carbocycles. The number of hydrogen-bond acceptors (Lipinski definition) is 4. The van der Waals surface area contributed by atoms with Crippen LogP contribution in [0.5, 0.6) is 0 Å². The van der Waals surface area contributed by atoms with Gasteiger partial charge in [0.25, 0.3) is 0 Å². The summed E-state index contributed by atoms with van der Waals surface area (Å²) in [5, 5.41) is 0. The highest BCUT2D eigenvalue weighted by atomic mass is 31.2. The van der Waals surface area contributed by atoms with Crippen molar-refractivity contribution in [3.63, 3.8) is 0 Å². The molecule has 152 valence electrons. The predicted octanol–water partition coefficient (Wildman–Crippen LogP) is 7.66. The summed E-state index contributed by atoms with van der Waals surface area (Å²) in [6.45, 7) is 11.1. The van der Waals surface area contributed by atoms with Gasteiger partial charge in [0.15, 0.2) is 0 Å². The maximum Gasteiger partial charge on any atom is 0.475 e. The van der Waals surface area contributed by atoms with Gasteiger partial charge in [0, 0.05) is 0 Å². The normalized spacial score (nSPS) is 16.5. The van der Waals surface area contributed by atoms with E-state index in [1.807, 2.05) is 0 Å². The lowest BCUT2D eigenvalue weighted by atomic mass is 10.1. The van der Waals surface area contributed by atoms with E-state index in [1.54, 1.807) is 0 Å². The summed E-state index contributed by atoms with van der Waals surface area (Å²) in [7, 11) is -3.50. The van der Waals surface area contributed by atoms with Crippen molar-refractivity contribution in [1.82, 2.24) is 0 Å². The standard InChI is InChI=1S/C20H43O4P/c1-6-11-16-19(14-9-4)23-25(21,22-18-13-8-3)24-20(15-10-5)17-12-7-2/h19-20H,6-18H2,1-5H3. The van der Waals surface area contributed by atoms with Gasteiger partial charge in [-0.2, -0.15) is 0 Å². The van der Waals surface area contributed by atoms with E-state index < -0.39 is 7.82 Å². The SMILES string of the molecule is CCCCOP(=O)(OC(CCC)CCCC)OC(CCC)CCCC. The largest absolute Gasteiger partial charge is 0.475 e. The molecule has 0 aromatic rings. The Hall–Kier alpha value is 0.110. The van der Waals surface area contributed by atoms with Crippen LogP contribution in [-0.4, -0.2) is 18.8 Å². The molecule has 0 N–H and O–H groups in total. The molecule has 0 rings (SSSR count). The zero-order valence-corrected chi connectivity index (χ0v) is 18.3. The molecule has 5 heteroatoms. The highest BCUT2D eigenvalue weighted by Gasteiger charge is 2.33. The van der Waals surface area contributed by atoms with Crippen LogP contribution in [0.1, 0.15) is 112 Å². The van der Waals surface area contributed by atoms with Gasteiger partial charge in [-0.05, 0) is 32.1 Å². The fraction of sp³-hybridized carbons (Fsp3) is 1.00. The van der Waals surface area contributed by atoms with Crippen LogP contribution in [0.3, 0.4) is 0 Å². The van der Waals surface area contributed by atoms with E-state index in [2.05, 4.69) is 34.6 Å². The second kappa shape index (κ2) is 16.3. The minimum Gasteiger partial charge on any atom is -0.287 e. The summed E-state index contributed by atoms with van der Waals surface area (Å²) in [6, 6.07) is 0. The summed E-state index contributed by atoms with van der Waals surface area (Å²) in [5.41, 5.74) is 0. The van der Waals surface area contributed by atoms with Gasteiger partial charge in [-0.1, -0.05) is 79.6 Å². The fourth-order valence-electron chi connectivity index (χ4n) is 2.78. The first-order valence-electron chi connectivity index (χ1n) is 10.7. The van der Waals surface area contributed by atoms with E-state index >= 15 is 0 Å². The van der Waals surface area contributed by atoms with Crippen LogP contribution in [0.4, 0.5) is 0 Å². The first-order valence-corrected chi connectivity index (χ1v) is 12.1. The molecule has 0 heterocycles. The summed E-state index contributed by atoms with van der Waals surface area (Å²) in [4.78, 5) is 0. The van der Waals surface area contributed by atoms with Crippen LogP contribution in [-0.2, 0) is 18.1 Å². The lowest BCUT2D eigenvalue weighted by molar-refractivity contribution is 0.0396. The predicted molar refractivity (Wildman–Crippen MR) is 107 cm³/mol. The number of phosphoric ester groups is 1. The third-order valence-electron chi connectivity index (χ3n) is 4.28. The minimum absolute atomic E-state index is 0.0362. The quantitative estimate of drug-likeness (QED) is 0.181. The van der Waals surface area contributed by atoms with Gasteiger partial charge < -0.3 is 0 Å². The summed E-state index contributed by atoms with van der Waals surface area (Å²) < 4.78 is 31.0. The van der Waals surface area contributed by atoms with Crippen molar-refractivity contribution in [2.24, 2.45) is 0 Å². The van der Waals surface area contributed by atoms with Crippen molar-refractivity contribution in [3.8, 4) is 0 Å². The lowest BCUT2D eigenvalue weighted by Gasteiger charge is -2.27. The van der Waals surface area contributed by atoms with Gasteiger partial charge in [0.1, 0.15) is 0 Å². The zero-order chi connectivity index (χ0) is 19.0. The molecule has 2 atom stereocenters. The maximum absolute atomic E-state index is 13.3. The number of hydrogen-bond donors (Lipinski definition) is 0. The molecule has 0 aromatic heterocycles. The number of unbranched alkanes of at least 4 members (excludes halogenated alkanes) is 3. The van der Waals surface area contributed by atoms with Crippen molar-refractivity contribution in [2.75, 3.05) is 6.61 Å². The second-order valence-corrected chi connectivity index (χ2v) is 8.52. The number of phosphoric acid groups is 1. The van der Waals surface area contributed by atoms with E-state index in [1.165, 1.54) is 0 Å². The third kappa shape index (κ3) is 13.0. The molecule has 0 radical (unpaired) electrons. The Labute approximate surface area is 157 Å². The van der Waals surface area contributed by atoms with Gasteiger partial charge in [-0.25, -0.2) is 4.57 Å². The molecule has 0 aliphatic rings. The van der Waals surface area contributed by atoms with Crippen LogP contribution in [0.15, 0.2) is 0 Å². The summed E-state index contributed by atoms with van der Waals surface area (Å²) >= 11 is 0. The van der Waals surface area contributed by atoms with Crippen LogP contribution >= 0.6 is 7.82 Å². The average molecular weight is 379 g/mol. The van der Waals surface area contributed by atoms with Gasteiger partial charge in [0.2, 0.25) is 0 Å². The lowest BCUT2D eigenvalue weighted by Crippen LogP contribution is -2.18. The van der Waals surface area contributed by atoms with Gasteiger partial charge in [0.05, 0.1) is 18.8 Å². The zero-order valence-electron chi connectivity index (χ0n) is 17.4. The Balaban J connectivity index is 4.99. The van der Waals surface area contributed by atoms with Gasteiger partial charge in [-0.3, -0.25) is 13.6 Å². The Morgan fingerprint density at radius 3 is 1.44 bits per heavy atom. The molecule has 0 aliphatic heterocycles. The van der Waals surface area contributed by atoms with E-state index in [0.717, 1.165) is 77.0 Å². The maximum atomic E-state index is 13.3. The van der Waals surface area contributed by atoms with E-state index in [-0.39, 0.29) is 12.2 Å². The highest BCUT2D eigenvalue weighted by molar-refractivity contribution is 7.48. The molecule has 25 heavy (non-hydrogen) atoms. The van der Waals surface area contributed by atoms with Gasteiger partial charge >= 0.3 is 7.82 Å². The van der Waals surface area contributed by atoms with Crippen molar-refractivity contribution in [3.05, 3.63) is 0 Å². The van der Waals surface area contributed by atoms with E-state index in [0.29, 0.717) is 6.61 Å².